The molecule has 2 unspecified atom stereocenters. The topological polar surface area (TPSA) is 23.6 Å². The van der Waals surface area contributed by atoms with Crippen molar-refractivity contribution >= 4 is 22.6 Å². The molecule has 1 saturated heterocycles. The molecule has 0 aromatic carbocycles. The molecule has 0 aliphatic carbocycles. The number of hydrogen-bond donors (Lipinski definition) is 0. The third-order valence-corrected chi connectivity index (χ3v) is 4.47. The van der Waals surface area contributed by atoms with Crippen LogP contribution in [0.1, 0.15) is 23.5 Å². The van der Waals surface area contributed by atoms with Crippen molar-refractivity contribution in [2.45, 2.75) is 25.9 Å². The Labute approximate surface area is 101 Å². The summed E-state index contributed by atoms with van der Waals surface area (Å²) in [6.07, 6.45) is 0.928. The summed E-state index contributed by atoms with van der Waals surface area (Å²) in [6.45, 7) is 6.58. The van der Waals surface area contributed by atoms with Crippen LogP contribution < -0.4 is 4.90 Å². The second kappa shape index (κ2) is 4.55. The standard InChI is InChI=1S/C12H18N2OS/c1-9-6-14(7-10(2)13(9)3)12-5-4-11(8-15)16-12/h4-5,8-10H,6-7H2,1-3H3. The zero-order valence-electron chi connectivity index (χ0n) is 10.0. The number of anilines is 1. The third-order valence-electron chi connectivity index (χ3n) is 3.40. The molecule has 0 N–H and O–H groups in total. The summed E-state index contributed by atoms with van der Waals surface area (Å²) in [6, 6.07) is 5.08. The number of hydrogen-bond acceptors (Lipinski definition) is 4. The second-order valence-corrected chi connectivity index (χ2v) is 5.66. The van der Waals surface area contributed by atoms with Crippen LogP contribution in [0, 0.1) is 0 Å². The molecule has 0 amide bonds. The van der Waals surface area contributed by atoms with Gasteiger partial charge in [-0.3, -0.25) is 9.69 Å². The van der Waals surface area contributed by atoms with Gasteiger partial charge in [-0.1, -0.05) is 0 Å². The van der Waals surface area contributed by atoms with E-state index in [4.69, 9.17) is 0 Å². The Bertz CT molecular complexity index is 365. The van der Waals surface area contributed by atoms with E-state index < -0.39 is 0 Å². The Morgan fingerprint density at radius 1 is 1.31 bits per heavy atom. The SMILES string of the molecule is CC1CN(c2ccc(C=O)s2)CC(C)N1C. The van der Waals surface area contributed by atoms with Crippen LogP contribution in [0.15, 0.2) is 12.1 Å². The van der Waals surface area contributed by atoms with E-state index in [0.717, 1.165) is 24.3 Å². The number of piperazine rings is 1. The molecule has 88 valence electrons. The van der Waals surface area contributed by atoms with Crippen molar-refractivity contribution in [1.82, 2.24) is 4.90 Å². The van der Waals surface area contributed by atoms with Crippen molar-refractivity contribution in [3.8, 4) is 0 Å². The fraction of sp³-hybridized carbons (Fsp3) is 0.583. The van der Waals surface area contributed by atoms with Gasteiger partial charge in [-0.2, -0.15) is 0 Å². The molecule has 1 aromatic rings. The molecule has 2 rings (SSSR count). The maximum atomic E-state index is 10.7. The van der Waals surface area contributed by atoms with E-state index in [1.807, 2.05) is 6.07 Å². The minimum Gasteiger partial charge on any atom is -0.360 e. The van der Waals surface area contributed by atoms with E-state index >= 15 is 0 Å². The molecule has 16 heavy (non-hydrogen) atoms. The van der Waals surface area contributed by atoms with Crippen molar-refractivity contribution in [3.05, 3.63) is 17.0 Å². The number of nitrogens with zero attached hydrogens (tertiary/aromatic N) is 2. The minimum absolute atomic E-state index is 0.561. The minimum atomic E-state index is 0.561. The van der Waals surface area contributed by atoms with E-state index in [9.17, 15) is 4.79 Å². The summed E-state index contributed by atoms with van der Waals surface area (Å²) in [5.74, 6) is 0. The van der Waals surface area contributed by atoms with Crippen LogP contribution in [0.3, 0.4) is 0 Å². The molecule has 0 saturated carbocycles. The van der Waals surface area contributed by atoms with Gasteiger partial charge in [0.25, 0.3) is 0 Å². The highest BCUT2D eigenvalue weighted by Crippen LogP contribution is 2.28. The van der Waals surface area contributed by atoms with Crippen LogP contribution in [0.25, 0.3) is 0 Å². The van der Waals surface area contributed by atoms with Crippen LogP contribution in [0.5, 0.6) is 0 Å². The van der Waals surface area contributed by atoms with Crippen LogP contribution in [0.4, 0.5) is 5.00 Å². The largest absolute Gasteiger partial charge is 0.360 e. The van der Waals surface area contributed by atoms with Crippen LogP contribution in [0.2, 0.25) is 0 Å². The first-order valence-corrected chi connectivity index (χ1v) is 6.45. The predicted octanol–water partition coefficient (Wildman–Crippen LogP) is 2.09. The predicted molar refractivity (Wildman–Crippen MR) is 68.6 cm³/mol. The summed E-state index contributed by atoms with van der Waals surface area (Å²) in [5.41, 5.74) is 0. The molecule has 0 radical (unpaired) electrons. The first kappa shape index (κ1) is 11.6. The lowest BCUT2D eigenvalue weighted by atomic mass is 10.1. The number of aldehydes is 1. The summed E-state index contributed by atoms with van der Waals surface area (Å²) in [4.78, 5) is 16.3. The van der Waals surface area contributed by atoms with Crippen LogP contribution in [-0.4, -0.2) is 43.4 Å². The van der Waals surface area contributed by atoms with Gasteiger partial charge in [0.15, 0.2) is 6.29 Å². The van der Waals surface area contributed by atoms with E-state index in [1.54, 1.807) is 11.3 Å². The summed E-state index contributed by atoms with van der Waals surface area (Å²) in [5, 5.41) is 1.22. The van der Waals surface area contributed by atoms with E-state index in [1.165, 1.54) is 5.00 Å². The summed E-state index contributed by atoms with van der Waals surface area (Å²) < 4.78 is 0. The van der Waals surface area contributed by atoms with Gasteiger partial charge in [0.2, 0.25) is 0 Å². The molecular formula is C12H18N2OS. The Morgan fingerprint density at radius 2 is 1.94 bits per heavy atom. The molecule has 2 atom stereocenters. The summed E-state index contributed by atoms with van der Waals surface area (Å²) >= 11 is 1.58. The van der Waals surface area contributed by atoms with E-state index in [2.05, 4.69) is 36.8 Å². The number of carbonyl (C=O) groups is 1. The highest BCUT2D eigenvalue weighted by atomic mass is 32.1. The Morgan fingerprint density at radius 3 is 2.44 bits per heavy atom. The van der Waals surface area contributed by atoms with Gasteiger partial charge in [-0.05, 0) is 33.0 Å². The first-order chi connectivity index (χ1) is 7.61. The monoisotopic (exact) mass is 238 g/mol. The van der Waals surface area contributed by atoms with E-state index in [-0.39, 0.29) is 0 Å². The first-order valence-electron chi connectivity index (χ1n) is 5.63. The molecule has 1 aromatic heterocycles. The number of rotatable bonds is 2. The zero-order chi connectivity index (χ0) is 11.7. The molecule has 4 heteroatoms. The lowest BCUT2D eigenvalue weighted by Crippen LogP contribution is -2.54. The lowest BCUT2D eigenvalue weighted by molar-refractivity contribution is 0.112. The van der Waals surface area contributed by atoms with Crippen LogP contribution in [-0.2, 0) is 0 Å². The van der Waals surface area contributed by atoms with Gasteiger partial charge in [-0.25, -0.2) is 0 Å². The van der Waals surface area contributed by atoms with Crippen molar-refractivity contribution in [2.24, 2.45) is 0 Å². The highest BCUT2D eigenvalue weighted by molar-refractivity contribution is 7.17. The Hall–Kier alpha value is -0.870. The maximum Gasteiger partial charge on any atom is 0.160 e. The van der Waals surface area contributed by atoms with Gasteiger partial charge >= 0.3 is 0 Å². The average molecular weight is 238 g/mol. The number of thiophene rings is 1. The van der Waals surface area contributed by atoms with Crippen LogP contribution >= 0.6 is 11.3 Å². The molecular weight excluding hydrogens is 220 g/mol. The van der Waals surface area contributed by atoms with Gasteiger partial charge in [0, 0.05) is 25.2 Å². The molecule has 3 nitrogen and oxygen atoms in total. The fourth-order valence-electron chi connectivity index (χ4n) is 2.16. The van der Waals surface area contributed by atoms with Crippen molar-refractivity contribution < 1.29 is 4.79 Å². The quantitative estimate of drug-likeness (QED) is 0.737. The summed E-state index contributed by atoms with van der Waals surface area (Å²) in [7, 11) is 2.18. The molecule has 0 spiro atoms. The van der Waals surface area contributed by atoms with Crippen molar-refractivity contribution in [2.75, 3.05) is 25.0 Å². The number of carbonyl (C=O) groups excluding carboxylic acids is 1. The highest BCUT2D eigenvalue weighted by Gasteiger charge is 2.27. The molecule has 1 fully saturated rings. The van der Waals surface area contributed by atoms with Gasteiger partial charge < -0.3 is 4.90 Å². The van der Waals surface area contributed by atoms with Gasteiger partial charge in [0.05, 0.1) is 9.88 Å². The average Bonchev–Trinajstić information content (AvgIpc) is 2.73. The Kier molecular flexibility index (Phi) is 3.30. The second-order valence-electron chi connectivity index (χ2n) is 4.56. The molecule has 1 aliphatic heterocycles. The lowest BCUT2D eigenvalue weighted by Gasteiger charge is -2.42. The van der Waals surface area contributed by atoms with Crippen molar-refractivity contribution in [1.29, 1.82) is 0 Å². The molecule has 1 aliphatic rings. The molecule has 0 bridgehead atoms. The fourth-order valence-corrected chi connectivity index (χ4v) is 3.00. The normalized spacial score (nSPS) is 27.1. The van der Waals surface area contributed by atoms with E-state index in [0.29, 0.717) is 12.1 Å². The number of likely N-dealkylation sites (N-methyl/N-ethyl adjacent to an activating group) is 1. The smallest absolute Gasteiger partial charge is 0.160 e. The third kappa shape index (κ3) is 2.13. The van der Waals surface area contributed by atoms with Crippen molar-refractivity contribution in [3.63, 3.8) is 0 Å². The van der Waals surface area contributed by atoms with Gasteiger partial charge in [0.1, 0.15) is 0 Å². The zero-order valence-corrected chi connectivity index (χ0v) is 10.8. The molecule has 2 heterocycles. The maximum absolute atomic E-state index is 10.7. The Balaban J connectivity index is 2.13. The van der Waals surface area contributed by atoms with Gasteiger partial charge in [-0.15, -0.1) is 11.3 Å².